The van der Waals surface area contributed by atoms with Gasteiger partial charge in [0.05, 0.1) is 18.5 Å². The lowest BCUT2D eigenvalue weighted by Gasteiger charge is -2.11. The number of hydrogen-bond acceptors (Lipinski definition) is 3. The molecule has 2 rings (SSSR count). The number of nitrogens with two attached hydrogens (primary N) is 1. The van der Waals surface area contributed by atoms with E-state index in [1.165, 1.54) is 0 Å². The number of urea groups is 1. The molecule has 5 heteroatoms. The van der Waals surface area contributed by atoms with Crippen molar-refractivity contribution < 1.29 is 9.53 Å². The zero-order valence-electron chi connectivity index (χ0n) is 11.4. The second-order valence-electron chi connectivity index (χ2n) is 4.40. The van der Waals surface area contributed by atoms with Crippen LogP contribution in [0.2, 0.25) is 0 Å². The van der Waals surface area contributed by atoms with Gasteiger partial charge in [-0.05, 0) is 36.8 Å². The SMILES string of the molecule is COc1cccc(NC(=O)Nc2cc(C)ccc2N)c1. The van der Waals surface area contributed by atoms with Crippen LogP contribution in [0.5, 0.6) is 5.75 Å². The average molecular weight is 271 g/mol. The number of aryl methyl sites for hydroxylation is 1. The minimum Gasteiger partial charge on any atom is -0.497 e. The molecule has 0 aliphatic heterocycles. The van der Waals surface area contributed by atoms with E-state index >= 15 is 0 Å². The Morgan fingerprint density at radius 2 is 1.95 bits per heavy atom. The Kier molecular flexibility index (Phi) is 4.10. The van der Waals surface area contributed by atoms with Crippen LogP contribution in [0.4, 0.5) is 21.9 Å². The van der Waals surface area contributed by atoms with Crippen molar-refractivity contribution in [2.24, 2.45) is 0 Å². The molecule has 0 saturated carbocycles. The molecule has 20 heavy (non-hydrogen) atoms. The molecule has 2 aromatic carbocycles. The number of nitrogens with one attached hydrogen (secondary N) is 2. The molecule has 2 amide bonds. The van der Waals surface area contributed by atoms with Crippen LogP contribution >= 0.6 is 0 Å². The van der Waals surface area contributed by atoms with Gasteiger partial charge >= 0.3 is 6.03 Å². The van der Waals surface area contributed by atoms with Gasteiger partial charge in [0.2, 0.25) is 0 Å². The summed E-state index contributed by atoms with van der Waals surface area (Å²) in [6.45, 7) is 1.94. The first-order valence-electron chi connectivity index (χ1n) is 6.16. The van der Waals surface area contributed by atoms with Gasteiger partial charge < -0.3 is 21.1 Å². The van der Waals surface area contributed by atoms with E-state index in [4.69, 9.17) is 10.5 Å². The maximum atomic E-state index is 11.9. The summed E-state index contributed by atoms with van der Waals surface area (Å²) in [5.74, 6) is 0.679. The highest BCUT2D eigenvalue weighted by Gasteiger charge is 2.06. The maximum absolute atomic E-state index is 11.9. The zero-order chi connectivity index (χ0) is 14.5. The van der Waals surface area contributed by atoms with Crippen LogP contribution in [0.15, 0.2) is 42.5 Å². The van der Waals surface area contributed by atoms with E-state index in [0.29, 0.717) is 22.8 Å². The van der Waals surface area contributed by atoms with Gasteiger partial charge in [-0.1, -0.05) is 12.1 Å². The summed E-state index contributed by atoms with van der Waals surface area (Å²) < 4.78 is 5.10. The van der Waals surface area contributed by atoms with Crippen LogP contribution in [-0.4, -0.2) is 13.1 Å². The van der Waals surface area contributed by atoms with Gasteiger partial charge in [0, 0.05) is 11.8 Å². The van der Waals surface area contributed by atoms with E-state index in [2.05, 4.69) is 10.6 Å². The van der Waals surface area contributed by atoms with Crippen LogP contribution in [0, 0.1) is 6.92 Å². The molecule has 0 saturated heterocycles. The lowest BCUT2D eigenvalue weighted by Crippen LogP contribution is -2.20. The summed E-state index contributed by atoms with van der Waals surface area (Å²) in [5.41, 5.74) is 8.60. The topological polar surface area (TPSA) is 76.4 Å². The van der Waals surface area contributed by atoms with Crippen LogP contribution in [0.1, 0.15) is 5.56 Å². The number of hydrogen-bond donors (Lipinski definition) is 3. The second kappa shape index (κ2) is 5.97. The van der Waals surface area contributed by atoms with Crippen molar-refractivity contribution in [3.63, 3.8) is 0 Å². The average Bonchev–Trinajstić information content (AvgIpc) is 2.43. The number of anilines is 3. The summed E-state index contributed by atoms with van der Waals surface area (Å²) in [7, 11) is 1.58. The van der Waals surface area contributed by atoms with Gasteiger partial charge in [0.1, 0.15) is 5.75 Å². The lowest BCUT2D eigenvalue weighted by atomic mass is 10.2. The predicted octanol–water partition coefficient (Wildman–Crippen LogP) is 3.23. The summed E-state index contributed by atoms with van der Waals surface area (Å²) in [4.78, 5) is 11.9. The van der Waals surface area contributed by atoms with Crippen molar-refractivity contribution >= 4 is 23.1 Å². The van der Waals surface area contributed by atoms with E-state index in [1.54, 1.807) is 31.4 Å². The number of methoxy groups -OCH3 is 1. The van der Waals surface area contributed by atoms with E-state index in [0.717, 1.165) is 5.56 Å². The van der Waals surface area contributed by atoms with Crippen LogP contribution in [0.25, 0.3) is 0 Å². The fourth-order valence-electron chi connectivity index (χ4n) is 1.76. The monoisotopic (exact) mass is 271 g/mol. The third-order valence-corrected chi connectivity index (χ3v) is 2.78. The van der Waals surface area contributed by atoms with E-state index < -0.39 is 0 Å². The predicted molar refractivity (Wildman–Crippen MR) is 81.2 cm³/mol. The van der Waals surface area contributed by atoms with Gasteiger partial charge in [-0.15, -0.1) is 0 Å². The van der Waals surface area contributed by atoms with Gasteiger partial charge in [-0.2, -0.15) is 0 Å². The maximum Gasteiger partial charge on any atom is 0.323 e. The molecule has 0 aliphatic rings. The molecule has 0 radical (unpaired) electrons. The Hall–Kier alpha value is -2.69. The molecule has 0 aliphatic carbocycles. The summed E-state index contributed by atoms with van der Waals surface area (Å²) in [6, 6.07) is 12.2. The third kappa shape index (κ3) is 3.41. The highest BCUT2D eigenvalue weighted by atomic mass is 16.5. The van der Waals surface area contributed by atoms with Crippen molar-refractivity contribution in [1.82, 2.24) is 0 Å². The number of carbonyl (C=O) groups is 1. The van der Waals surface area contributed by atoms with E-state index in [9.17, 15) is 4.79 Å². The molecule has 0 aromatic heterocycles. The Morgan fingerprint density at radius 1 is 1.15 bits per heavy atom. The third-order valence-electron chi connectivity index (χ3n) is 2.78. The van der Waals surface area contributed by atoms with Gasteiger partial charge in [-0.25, -0.2) is 4.79 Å². The van der Waals surface area contributed by atoms with Crippen molar-refractivity contribution in [3.8, 4) is 5.75 Å². The van der Waals surface area contributed by atoms with Gasteiger partial charge in [0.25, 0.3) is 0 Å². The number of nitrogen functional groups attached to an aromatic ring is 1. The second-order valence-corrected chi connectivity index (χ2v) is 4.40. The first kappa shape index (κ1) is 13.7. The van der Waals surface area contributed by atoms with Gasteiger partial charge in [0.15, 0.2) is 0 Å². The number of benzene rings is 2. The highest BCUT2D eigenvalue weighted by molar-refractivity contribution is 6.01. The Bertz CT molecular complexity index is 626. The molecule has 0 fully saturated rings. The smallest absolute Gasteiger partial charge is 0.323 e. The zero-order valence-corrected chi connectivity index (χ0v) is 11.4. The summed E-state index contributed by atoms with van der Waals surface area (Å²) in [5, 5.41) is 5.45. The molecule has 0 unspecified atom stereocenters. The fraction of sp³-hybridized carbons (Fsp3) is 0.133. The largest absolute Gasteiger partial charge is 0.497 e. The Balaban J connectivity index is 2.07. The molecular weight excluding hydrogens is 254 g/mol. The quantitative estimate of drug-likeness (QED) is 0.750. The molecule has 5 nitrogen and oxygen atoms in total. The van der Waals surface area contributed by atoms with Gasteiger partial charge in [-0.3, -0.25) is 0 Å². The van der Waals surface area contributed by atoms with E-state index in [1.807, 2.05) is 25.1 Å². The van der Waals surface area contributed by atoms with Crippen molar-refractivity contribution in [1.29, 1.82) is 0 Å². The Morgan fingerprint density at radius 3 is 2.70 bits per heavy atom. The molecule has 104 valence electrons. The lowest BCUT2D eigenvalue weighted by molar-refractivity contribution is 0.262. The molecule has 4 N–H and O–H groups in total. The van der Waals surface area contributed by atoms with Crippen molar-refractivity contribution in [3.05, 3.63) is 48.0 Å². The standard InChI is InChI=1S/C15H17N3O2/c1-10-6-7-13(16)14(8-10)18-15(19)17-11-4-3-5-12(9-11)20-2/h3-9H,16H2,1-2H3,(H2,17,18,19). The molecule has 0 bridgehead atoms. The number of amides is 2. The van der Waals surface area contributed by atoms with E-state index in [-0.39, 0.29) is 6.03 Å². The molecule has 0 atom stereocenters. The molecular formula is C15H17N3O2. The summed E-state index contributed by atoms with van der Waals surface area (Å²) in [6.07, 6.45) is 0. The molecule has 0 heterocycles. The number of ether oxygens (including phenoxy) is 1. The fourth-order valence-corrected chi connectivity index (χ4v) is 1.76. The first-order valence-corrected chi connectivity index (χ1v) is 6.16. The minimum absolute atomic E-state index is 0.351. The van der Waals surface area contributed by atoms with Crippen LogP contribution < -0.4 is 21.1 Å². The normalized spacial score (nSPS) is 9.90. The number of carbonyl (C=O) groups excluding carboxylic acids is 1. The first-order chi connectivity index (χ1) is 9.58. The summed E-state index contributed by atoms with van der Waals surface area (Å²) >= 11 is 0. The highest BCUT2D eigenvalue weighted by Crippen LogP contribution is 2.21. The molecule has 2 aromatic rings. The van der Waals surface area contributed by atoms with Crippen LogP contribution in [0.3, 0.4) is 0 Å². The molecule has 0 spiro atoms. The number of rotatable bonds is 3. The van der Waals surface area contributed by atoms with Crippen LogP contribution in [-0.2, 0) is 0 Å². The van der Waals surface area contributed by atoms with Crippen molar-refractivity contribution in [2.75, 3.05) is 23.5 Å². The van der Waals surface area contributed by atoms with Crippen molar-refractivity contribution in [2.45, 2.75) is 6.92 Å². The minimum atomic E-state index is -0.351. The Labute approximate surface area is 117 Å².